The van der Waals surface area contributed by atoms with Crippen LogP contribution in [0.1, 0.15) is 12.5 Å². The van der Waals surface area contributed by atoms with Crippen LogP contribution in [0.5, 0.6) is 0 Å². The summed E-state index contributed by atoms with van der Waals surface area (Å²) in [5.74, 6) is -1.34. The van der Waals surface area contributed by atoms with E-state index in [1.54, 1.807) is 23.9 Å². The molecule has 2 amide bonds. The number of rotatable bonds is 6. The summed E-state index contributed by atoms with van der Waals surface area (Å²) in [5, 5.41) is 10.3. The van der Waals surface area contributed by atoms with E-state index in [-0.39, 0.29) is 29.6 Å². The molecule has 0 unspecified atom stereocenters. The van der Waals surface area contributed by atoms with Gasteiger partial charge in [0.05, 0.1) is 16.7 Å². The van der Waals surface area contributed by atoms with Crippen LogP contribution >= 0.6 is 11.6 Å². The highest BCUT2D eigenvalue weighted by molar-refractivity contribution is 6.30. The van der Waals surface area contributed by atoms with Crippen LogP contribution in [0, 0.1) is 5.82 Å². The maximum Gasteiger partial charge on any atom is 0.242 e. The number of benzene rings is 2. The molecule has 0 aliphatic heterocycles. The summed E-state index contributed by atoms with van der Waals surface area (Å²) in [5.41, 5.74) is 1.11. The van der Waals surface area contributed by atoms with Gasteiger partial charge >= 0.3 is 0 Å². The van der Waals surface area contributed by atoms with Crippen LogP contribution in [-0.4, -0.2) is 27.6 Å². The highest BCUT2D eigenvalue weighted by atomic mass is 35.5. The van der Waals surface area contributed by atoms with E-state index in [0.717, 1.165) is 10.9 Å². The fraction of sp³-hybridized carbons (Fsp3) is 0.211. The zero-order valence-corrected chi connectivity index (χ0v) is 15.3. The molecule has 0 aliphatic rings. The number of hydrogen-bond acceptors (Lipinski definition) is 3. The molecule has 1 atom stereocenters. The summed E-state index contributed by atoms with van der Waals surface area (Å²) in [4.78, 5) is 24.4. The number of para-hydroxylation sites is 1. The quantitative estimate of drug-likeness (QED) is 0.681. The first-order valence-electron chi connectivity index (χ1n) is 8.36. The van der Waals surface area contributed by atoms with Gasteiger partial charge in [0.2, 0.25) is 11.8 Å². The number of aromatic nitrogens is 2. The van der Waals surface area contributed by atoms with Crippen molar-refractivity contribution in [1.29, 1.82) is 0 Å². The van der Waals surface area contributed by atoms with E-state index in [4.69, 9.17) is 11.6 Å². The molecule has 2 aromatic carbocycles. The van der Waals surface area contributed by atoms with Crippen molar-refractivity contribution in [2.24, 2.45) is 0 Å². The zero-order chi connectivity index (χ0) is 19.4. The highest BCUT2D eigenvalue weighted by Gasteiger charge is 2.17. The van der Waals surface area contributed by atoms with Gasteiger partial charge in [0.1, 0.15) is 18.4 Å². The Hall–Kier alpha value is -2.93. The Kier molecular flexibility index (Phi) is 5.71. The first-order valence-corrected chi connectivity index (χ1v) is 8.74. The molecular formula is C19H18ClFN4O2. The predicted molar refractivity (Wildman–Crippen MR) is 101 cm³/mol. The van der Waals surface area contributed by atoms with Crippen LogP contribution < -0.4 is 10.6 Å². The lowest BCUT2D eigenvalue weighted by Gasteiger charge is -2.15. The van der Waals surface area contributed by atoms with Gasteiger partial charge in [-0.2, -0.15) is 5.10 Å². The minimum Gasteiger partial charge on any atom is -0.350 e. The summed E-state index contributed by atoms with van der Waals surface area (Å²) >= 11 is 5.72. The van der Waals surface area contributed by atoms with E-state index in [0.29, 0.717) is 0 Å². The summed E-state index contributed by atoms with van der Waals surface area (Å²) in [6.45, 7) is 1.53. The predicted octanol–water partition coefficient (Wildman–Crippen LogP) is 2.65. The van der Waals surface area contributed by atoms with Crippen molar-refractivity contribution >= 4 is 34.3 Å². The number of halogens is 2. The van der Waals surface area contributed by atoms with Crippen LogP contribution in [0.25, 0.3) is 10.9 Å². The first-order chi connectivity index (χ1) is 13.0. The van der Waals surface area contributed by atoms with Crippen molar-refractivity contribution < 1.29 is 14.0 Å². The molecule has 27 heavy (non-hydrogen) atoms. The molecule has 140 valence electrons. The van der Waals surface area contributed by atoms with Crippen molar-refractivity contribution in [1.82, 2.24) is 20.4 Å². The van der Waals surface area contributed by atoms with Gasteiger partial charge in [0.25, 0.3) is 0 Å². The molecule has 2 N–H and O–H groups in total. The van der Waals surface area contributed by atoms with Gasteiger partial charge in [-0.1, -0.05) is 41.9 Å². The fourth-order valence-corrected chi connectivity index (χ4v) is 2.86. The van der Waals surface area contributed by atoms with Crippen molar-refractivity contribution in [2.45, 2.75) is 26.1 Å². The lowest BCUT2D eigenvalue weighted by molar-refractivity contribution is -0.129. The normalized spacial score (nSPS) is 12.0. The Labute approximate surface area is 160 Å². The average Bonchev–Trinajstić information content (AvgIpc) is 3.05. The second kappa shape index (κ2) is 8.18. The molecule has 0 aliphatic carbocycles. The Morgan fingerprint density at radius 3 is 2.81 bits per heavy atom. The van der Waals surface area contributed by atoms with Crippen molar-refractivity contribution in [3.05, 3.63) is 65.1 Å². The van der Waals surface area contributed by atoms with Crippen LogP contribution in [0.15, 0.2) is 48.7 Å². The summed E-state index contributed by atoms with van der Waals surface area (Å²) < 4.78 is 15.4. The average molecular weight is 389 g/mol. The van der Waals surface area contributed by atoms with Crippen LogP contribution in [0.4, 0.5) is 4.39 Å². The molecule has 0 radical (unpaired) electrons. The minimum absolute atomic E-state index is 0.00505. The van der Waals surface area contributed by atoms with Gasteiger partial charge in [0.15, 0.2) is 0 Å². The molecule has 6 nitrogen and oxygen atoms in total. The van der Waals surface area contributed by atoms with Gasteiger partial charge < -0.3 is 10.6 Å². The number of fused-ring (bicyclic) bond motifs is 1. The summed E-state index contributed by atoms with van der Waals surface area (Å²) in [6.07, 6.45) is 1.68. The van der Waals surface area contributed by atoms with E-state index in [1.165, 1.54) is 12.1 Å². The zero-order valence-electron chi connectivity index (χ0n) is 14.6. The van der Waals surface area contributed by atoms with Crippen molar-refractivity contribution in [2.75, 3.05) is 0 Å². The number of nitrogens with zero attached hydrogens (tertiary/aromatic N) is 2. The van der Waals surface area contributed by atoms with Crippen LogP contribution in [-0.2, 0) is 22.7 Å². The van der Waals surface area contributed by atoms with Gasteiger partial charge in [-0.15, -0.1) is 0 Å². The topological polar surface area (TPSA) is 76.0 Å². The summed E-state index contributed by atoms with van der Waals surface area (Å²) in [7, 11) is 0. The number of carbonyl (C=O) groups excluding carboxylic acids is 2. The second-order valence-electron chi connectivity index (χ2n) is 6.08. The first kappa shape index (κ1) is 18.8. The molecule has 0 bridgehead atoms. The van der Waals surface area contributed by atoms with E-state index < -0.39 is 17.8 Å². The number of amides is 2. The van der Waals surface area contributed by atoms with Crippen LogP contribution in [0.3, 0.4) is 0 Å². The van der Waals surface area contributed by atoms with Gasteiger partial charge in [-0.25, -0.2) is 4.39 Å². The summed E-state index contributed by atoms with van der Waals surface area (Å²) in [6, 6.07) is 11.3. The monoisotopic (exact) mass is 388 g/mol. The standard InChI is InChI=1S/C19H18ClFN4O2/c1-12(19(27)22-9-14-6-4-7-15(20)18(14)21)24-17(26)11-25-16-8-3-2-5-13(16)10-23-25/h2-8,10,12H,9,11H2,1H3,(H,22,27)(H,24,26)/t12-/m0/s1. The third kappa shape index (κ3) is 4.43. The second-order valence-corrected chi connectivity index (χ2v) is 6.49. The molecule has 3 rings (SSSR count). The molecule has 0 saturated carbocycles. The molecular weight excluding hydrogens is 371 g/mol. The fourth-order valence-electron chi connectivity index (χ4n) is 2.66. The largest absolute Gasteiger partial charge is 0.350 e. The lowest BCUT2D eigenvalue weighted by atomic mass is 10.2. The third-order valence-corrected chi connectivity index (χ3v) is 4.39. The molecule has 0 saturated heterocycles. The van der Waals surface area contributed by atoms with Gasteiger partial charge in [-0.3, -0.25) is 14.3 Å². The van der Waals surface area contributed by atoms with Crippen molar-refractivity contribution in [3.8, 4) is 0 Å². The van der Waals surface area contributed by atoms with Crippen LogP contribution in [0.2, 0.25) is 5.02 Å². The number of nitrogens with one attached hydrogen (secondary N) is 2. The van der Waals surface area contributed by atoms with Gasteiger partial charge in [-0.05, 0) is 19.1 Å². The third-order valence-electron chi connectivity index (χ3n) is 4.10. The molecule has 0 fully saturated rings. The Morgan fingerprint density at radius 2 is 2.00 bits per heavy atom. The Morgan fingerprint density at radius 1 is 1.22 bits per heavy atom. The minimum atomic E-state index is -0.776. The molecule has 1 aromatic heterocycles. The molecule has 8 heteroatoms. The highest BCUT2D eigenvalue weighted by Crippen LogP contribution is 2.17. The number of carbonyl (C=O) groups is 2. The maximum absolute atomic E-state index is 13.8. The molecule has 3 aromatic rings. The lowest BCUT2D eigenvalue weighted by Crippen LogP contribution is -2.45. The Balaban J connectivity index is 1.54. The smallest absolute Gasteiger partial charge is 0.242 e. The van der Waals surface area contributed by atoms with Gasteiger partial charge in [0, 0.05) is 17.5 Å². The number of hydrogen-bond donors (Lipinski definition) is 2. The SMILES string of the molecule is C[C@H](NC(=O)Cn1ncc2ccccc21)C(=O)NCc1cccc(Cl)c1F. The van der Waals surface area contributed by atoms with E-state index in [1.807, 2.05) is 24.3 Å². The molecule has 1 heterocycles. The van der Waals surface area contributed by atoms with E-state index >= 15 is 0 Å². The Bertz CT molecular complexity index is 989. The van der Waals surface area contributed by atoms with E-state index in [9.17, 15) is 14.0 Å². The van der Waals surface area contributed by atoms with E-state index in [2.05, 4.69) is 15.7 Å². The maximum atomic E-state index is 13.8. The molecule has 0 spiro atoms. The van der Waals surface area contributed by atoms with Crippen molar-refractivity contribution in [3.63, 3.8) is 0 Å².